The minimum Gasteiger partial charge on any atom is -0.315 e. The maximum Gasteiger partial charge on any atom is 0.153 e. The quantitative estimate of drug-likeness (QED) is 0.709. The van der Waals surface area contributed by atoms with Crippen molar-refractivity contribution in [3.63, 3.8) is 0 Å². The van der Waals surface area contributed by atoms with Crippen molar-refractivity contribution in [2.24, 2.45) is 0 Å². The van der Waals surface area contributed by atoms with Crippen molar-refractivity contribution in [3.05, 3.63) is 0 Å². The predicted octanol–water partition coefficient (Wildman–Crippen LogP) is 0.562. The fourth-order valence-electron chi connectivity index (χ4n) is 1.38. The van der Waals surface area contributed by atoms with Crippen molar-refractivity contribution in [1.82, 2.24) is 5.32 Å². The van der Waals surface area contributed by atoms with E-state index < -0.39 is 9.84 Å². The summed E-state index contributed by atoms with van der Waals surface area (Å²) in [5, 5.41) is 3.02. The summed E-state index contributed by atoms with van der Waals surface area (Å²) in [6.45, 7) is 4.06. The van der Waals surface area contributed by atoms with Gasteiger partial charge in [0, 0.05) is 5.54 Å². The molecule has 0 saturated carbocycles. The van der Waals surface area contributed by atoms with Crippen LogP contribution in [0.1, 0.15) is 26.7 Å². The fourth-order valence-corrected chi connectivity index (χ4v) is 3.00. The molecule has 3 nitrogen and oxygen atoms in total. The van der Waals surface area contributed by atoms with Gasteiger partial charge >= 0.3 is 0 Å². The minimum absolute atomic E-state index is 0.0574. The SMILES string of the molecule is CNC(C)(C)CC1CCS1(=O)=O. The van der Waals surface area contributed by atoms with E-state index in [0.29, 0.717) is 5.75 Å². The van der Waals surface area contributed by atoms with E-state index in [1.54, 1.807) is 0 Å². The molecule has 0 aromatic rings. The summed E-state index contributed by atoms with van der Waals surface area (Å²) in [6.07, 6.45) is 1.57. The van der Waals surface area contributed by atoms with Gasteiger partial charge in [0.25, 0.3) is 0 Å². The molecule has 0 aromatic carbocycles. The Labute approximate surface area is 74.5 Å². The topological polar surface area (TPSA) is 46.2 Å². The molecule has 72 valence electrons. The summed E-state index contributed by atoms with van der Waals surface area (Å²) >= 11 is 0. The Morgan fingerprint density at radius 2 is 2.08 bits per heavy atom. The molecule has 1 fully saturated rings. The van der Waals surface area contributed by atoms with Gasteiger partial charge in [-0.15, -0.1) is 0 Å². The zero-order valence-electron chi connectivity index (χ0n) is 7.92. The van der Waals surface area contributed by atoms with Crippen molar-refractivity contribution in [3.8, 4) is 0 Å². The van der Waals surface area contributed by atoms with Gasteiger partial charge in [-0.25, -0.2) is 8.42 Å². The lowest BCUT2D eigenvalue weighted by Crippen LogP contribution is -2.46. The zero-order valence-corrected chi connectivity index (χ0v) is 8.74. The highest BCUT2D eigenvalue weighted by Crippen LogP contribution is 2.28. The molecular weight excluding hydrogens is 174 g/mol. The van der Waals surface area contributed by atoms with E-state index in [9.17, 15) is 8.42 Å². The lowest BCUT2D eigenvalue weighted by atomic mass is 9.97. The molecule has 1 atom stereocenters. The molecular formula is C8H17NO2S. The van der Waals surface area contributed by atoms with Crippen LogP contribution in [0.25, 0.3) is 0 Å². The van der Waals surface area contributed by atoms with E-state index in [1.807, 2.05) is 20.9 Å². The number of hydrogen-bond donors (Lipinski definition) is 1. The molecule has 4 heteroatoms. The van der Waals surface area contributed by atoms with Gasteiger partial charge in [-0.1, -0.05) is 0 Å². The van der Waals surface area contributed by atoms with Crippen molar-refractivity contribution in [2.45, 2.75) is 37.5 Å². The molecule has 0 spiro atoms. The number of hydrogen-bond acceptors (Lipinski definition) is 3. The molecule has 1 saturated heterocycles. The lowest BCUT2D eigenvalue weighted by molar-refractivity contribution is 0.369. The van der Waals surface area contributed by atoms with Crippen molar-refractivity contribution in [2.75, 3.05) is 12.8 Å². The molecule has 1 aliphatic rings. The van der Waals surface area contributed by atoms with Crippen LogP contribution in [0.3, 0.4) is 0 Å². The molecule has 1 heterocycles. The van der Waals surface area contributed by atoms with Gasteiger partial charge < -0.3 is 5.32 Å². The standard InChI is InChI=1S/C8H17NO2S/c1-8(2,9-3)6-7-4-5-12(7,10)11/h7,9H,4-6H2,1-3H3. The molecule has 0 amide bonds. The van der Waals surface area contributed by atoms with Gasteiger partial charge in [0.05, 0.1) is 11.0 Å². The zero-order chi connectivity index (χ0) is 9.41. The normalized spacial score (nSPS) is 28.1. The van der Waals surface area contributed by atoms with Gasteiger partial charge in [0.2, 0.25) is 0 Å². The Morgan fingerprint density at radius 1 is 1.50 bits per heavy atom. The van der Waals surface area contributed by atoms with Crippen molar-refractivity contribution >= 4 is 9.84 Å². The predicted molar refractivity (Wildman–Crippen MR) is 49.9 cm³/mol. The summed E-state index contributed by atoms with van der Waals surface area (Å²) in [5.41, 5.74) is -0.0574. The van der Waals surface area contributed by atoms with Crippen LogP contribution in [0.4, 0.5) is 0 Å². The van der Waals surface area contributed by atoms with E-state index in [0.717, 1.165) is 12.8 Å². The van der Waals surface area contributed by atoms with Crippen LogP contribution < -0.4 is 5.32 Å². The molecule has 1 aliphatic heterocycles. The number of sulfone groups is 1. The van der Waals surface area contributed by atoms with Crippen LogP contribution in [0.15, 0.2) is 0 Å². The second-order valence-electron chi connectivity index (χ2n) is 4.12. The first-order valence-electron chi connectivity index (χ1n) is 4.28. The molecule has 1 rings (SSSR count). The smallest absolute Gasteiger partial charge is 0.153 e. The largest absolute Gasteiger partial charge is 0.315 e. The van der Waals surface area contributed by atoms with Gasteiger partial charge in [-0.2, -0.15) is 0 Å². The fraction of sp³-hybridized carbons (Fsp3) is 1.00. The van der Waals surface area contributed by atoms with Gasteiger partial charge in [-0.05, 0) is 33.7 Å². The van der Waals surface area contributed by atoms with Crippen molar-refractivity contribution < 1.29 is 8.42 Å². The first kappa shape index (κ1) is 9.99. The average molecular weight is 191 g/mol. The number of rotatable bonds is 3. The van der Waals surface area contributed by atoms with Gasteiger partial charge in [0.15, 0.2) is 9.84 Å². The lowest BCUT2D eigenvalue weighted by Gasteiger charge is -2.33. The molecule has 0 bridgehead atoms. The molecule has 12 heavy (non-hydrogen) atoms. The van der Waals surface area contributed by atoms with Crippen LogP contribution in [0.2, 0.25) is 0 Å². The van der Waals surface area contributed by atoms with E-state index in [-0.39, 0.29) is 10.8 Å². The van der Waals surface area contributed by atoms with Crippen LogP contribution in [-0.4, -0.2) is 32.0 Å². The van der Waals surface area contributed by atoms with Gasteiger partial charge in [0.1, 0.15) is 0 Å². The molecule has 0 radical (unpaired) electrons. The maximum atomic E-state index is 11.2. The third-order valence-electron chi connectivity index (χ3n) is 2.65. The Morgan fingerprint density at radius 3 is 2.33 bits per heavy atom. The summed E-state index contributed by atoms with van der Waals surface area (Å²) in [5.74, 6) is 0.386. The molecule has 0 aromatic heterocycles. The van der Waals surface area contributed by atoms with Crippen molar-refractivity contribution in [1.29, 1.82) is 0 Å². The van der Waals surface area contributed by atoms with E-state index in [1.165, 1.54) is 0 Å². The van der Waals surface area contributed by atoms with Crippen LogP contribution >= 0.6 is 0 Å². The monoisotopic (exact) mass is 191 g/mol. The summed E-state index contributed by atoms with van der Waals surface area (Å²) in [7, 11) is -0.839. The summed E-state index contributed by atoms with van der Waals surface area (Å²) < 4.78 is 22.4. The van der Waals surface area contributed by atoms with E-state index >= 15 is 0 Å². The average Bonchev–Trinajstić information content (AvgIpc) is 1.99. The van der Waals surface area contributed by atoms with E-state index in [4.69, 9.17) is 0 Å². The third-order valence-corrected chi connectivity index (χ3v) is 4.87. The van der Waals surface area contributed by atoms with Gasteiger partial charge in [-0.3, -0.25) is 0 Å². The first-order valence-corrected chi connectivity index (χ1v) is 5.99. The first-order chi connectivity index (χ1) is 5.37. The Hall–Kier alpha value is -0.0900. The van der Waals surface area contributed by atoms with Crippen LogP contribution in [-0.2, 0) is 9.84 Å². The summed E-state index contributed by atoms with van der Waals surface area (Å²) in [4.78, 5) is 0. The highest BCUT2D eigenvalue weighted by molar-refractivity contribution is 7.93. The second-order valence-corrected chi connectivity index (χ2v) is 6.52. The van der Waals surface area contributed by atoms with E-state index in [2.05, 4.69) is 5.32 Å². The van der Waals surface area contributed by atoms with Crippen LogP contribution in [0, 0.1) is 0 Å². The highest BCUT2D eigenvalue weighted by atomic mass is 32.2. The highest BCUT2D eigenvalue weighted by Gasteiger charge is 2.38. The Kier molecular flexibility index (Phi) is 2.50. The Balaban J connectivity index is 2.54. The second kappa shape index (κ2) is 3.00. The Bertz CT molecular complexity index is 256. The maximum absolute atomic E-state index is 11.2. The number of nitrogens with one attached hydrogen (secondary N) is 1. The molecule has 0 aliphatic carbocycles. The van der Waals surface area contributed by atoms with Crippen LogP contribution in [0.5, 0.6) is 0 Å². The molecule has 1 N–H and O–H groups in total. The minimum atomic E-state index is -2.71. The third kappa shape index (κ3) is 1.98. The molecule has 1 unspecified atom stereocenters. The summed E-state index contributed by atoms with van der Waals surface area (Å²) in [6, 6.07) is 0.